The molecule has 1 aromatic heterocycles. The number of rotatable bonds is 9. The number of ether oxygens (including phenoxy) is 1. The number of nitrogens with zero attached hydrogens (tertiary/aromatic N) is 1. The van der Waals surface area contributed by atoms with Gasteiger partial charge in [0.15, 0.2) is 0 Å². The van der Waals surface area contributed by atoms with Gasteiger partial charge < -0.3 is 14.6 Å². The molecule has 152 valence electrons. The Labute approximate surface area is 173 Å². The van der Waals surface area contributed by atoms with Crippen molar-refractivity contribution in [3.63, 3.8) is 0 Å². The molecule has 3 aromatic rings. The molecule has 2 aromatic carbocycles. The Kier molecular flexibility index (Phi) is 7.30. The van der Waals surface area contributed by atoms with E-state index in [1.165, 1.54) is 23.9 Å². The fourth-order valence-electron chi connectivity index (χ4n) is 2.70. The molecule has 0 aliphatic heterocycles. The smallest absolute Gasteiger partial charge is 0.230 e. The summed E-state index contributed by atoms with van der Waals surface area (Å²) in [5, 5.41) is 6.83. The lowest BCUT2D eigenvalue weighted by Gasteiger charge is -2.09. The van der Waals surface area contributed by atoms with Crippen molar-refractivity contribution < 1.29 is 18.4 Å². The van der Waals surface area contributed by atoms with Crippen molar-refractivity contribution in [2.45, 2.75) is 32.8 Å². The molecule has 29 heavy (non-hydrogen) atoms. The van der Waals surface area contributed by atoms with Crippen LogP contribution in [0.2, 0.25) is 0 Å². The van der Waals surface area contributed by atoms with Gasteiger partial charge in [0, 0.05) is 17.9 Å². The van der Waals surface area contributed by atoms with Crippen LogP contribution in [-0.2, 0) is 23.7 Å². The van der Waals surface area contributed by atoms with Crippen LogP contribution in [0.25, 0.3) is 0 Å². The fraction of sp³-hybridized carbons (Fsp3) is 0.273. The molecule has 0 unspecified atom stereocenters. The van der Waals surface area contributed by atoms with Gasteiger partial charge in [0.1, 0.15) is 23.9 Å². The van der Waals surface area contributed by atoms with Gasteiger partial charge in [-0.1, -0.05) is 29.4 Å². The van der Waals surface area contributed by atoms with Crippen molar-refractivity contribution in [1.82, 2.24) is 10.5 Å². The summed E-state index contributed by atoms with van der Waals surface area (Å²) in [7, 11) is 0. The zero-order chi connectivity index (χ0) is 20.6. The molecule has 0 aliphatic rings. The van der Waals surface area contributed by atoms with Crippen LogP contribution in [0.4, 0.5) is 4.39 Å². The van der Waals surface area contributed by atoms with Gasteiger partial charge in [-0.25, -0.2) is 4.39 Å². The van der Waals surface area contributed by atoms with Gasteiger partial charge in [-0.15, -0.1) is 11.8 Å². The van der Waals surface area contributed by atoms with E-state index in [9.17, 15) is 9.18 Å². The van der Waals surface area contributed by atoms with Crippen molar-refractivity contribution >= 4 is 17.7 Å². The maximum absolute atomic E-state index is 13.2. The summed E-state index contributed by atoms with van der Waals surface area (Å²) in [6.07, 6.45) is 0. The highest BCUT2D eigenvalue weighted by Gasteiger charge is 2.10. The van der Waals surface area contributed by atoms with Crippen LogP contribution in [0, 0.1) is 19.7 Å². The first kappa shape index (κ1) is 20.9. The number of carbonyl (C=O) groups is 1. The summed E-state index contributed by atoms with van der Waals surface area (Å²) in [5.41, 5.74) is 3.68. The molecule has 1 N–H and O–H groups in total. The molecule has 0 spiro atoms. The third-order valence-corrected chi connectivity index (χ3v) is 5.33. The number of benzene rings is 2. The van der Waals surface area contributed by atoms with Crippen LogP contribution in [0.5, 0.6) is 5.75 Å². The summed E-state index contributed by atoms with van der Waals surface area (Å²) in [6.45, 7) is 4.53. The Bertz CT molecular complexity index is 937. The van der Waals surface area contributed by atoms with Crippen LogP contribution < -0.4 is 10.1 Å². The first-order chi connectivity index (χ1) is 14.0. The van der Waals surface area contributed by atoms with E-state index in [2.05, 4.69) is 10.5 Å². The largest absolute Gasteiger partial charge is 0.489 e. The number of thioether (sulfide) groups is 1. The van der Waals surface area contributed by atoms with Gasteiger partial charge >= 0.3 is 0 Å². The van der Waals surface area contributed by atoms with Gasteiger partial charge in [0.25, 0.3) is 0 Å². The van der Waals surface area contributed by atoms with E-state index in [4.69, 9.17) is 9.26 Å². The summed E-state index contributed by atoms with van der Waals surface area (Å²) in [4.78, 5) is 12.0. The molecule has 3 rings (SSSR count). The maximum atomic E-state index is 13.2. The molecule has 0 atom stereocenters. The van der Waals surface area contributed by atoms with Crippen molar-refractivity contribution in [3.8, 4) is 5.75 Å². The Morgan fingerprint density at radius 1 is 1.17 bits per heavy atom. The molecule has 0 aliphatic carbocycles. The van der Waals surface area contributed by atoms with E-state index in [1.807, 2.05) is 44.2 Å². The minimum atomic E-state index is -0.276. The first-order valence-corrected chi connectivity index (χ1v) is 10.4. The summed E-state index contributed by atoms with van der Waals surface area (Å²) in [5.74, 6) is 2.27. The highest BCUT2D eigenvalue weighted by atomic mass is 32.2. The quantitative estimate of drug-likeness (QED) is 0.556. The van der Waals surface area contributed by atoms with E-state index in [0.717, 1.165) is 28.1 Å². The lowest BCUT2D eigenvalue weighted by molar-refractivity contribution is -0.118. The molecule has 0 saturated heterocycles. The highest BCUT2D eigenvalue weighted by molar-refractivity contribution is 7.99. The van der Waals surface area contributed by atoms with E-state index in [1.54, 1.807) is 6.07 Å². The van der Waals surface area contributed by atoms with Crippen LogP contribution in [-0.4, -0.2) is 16.8 Å². The van der Waals surface area contributed by atoms with Gasteiger partial charge in [-0.2, -0.15) is 0 Å². The number of aromatic nitrogens is 1. The fourth-order valence-corrected chi connectivity index (χ4v) is 3.71. The predicted octanol–water partition coefficient (Wildman–Crippen LogP) is 4.56. The predicted molar refractivity (Wildman–Crippen MR) is 111 cm³/mol. The van der Waals surface area contributed by atoms with E-state index in [-0.39, 0.29) is 11.7 Å². The average Bonchev–Trinajstić information content (AvgIpc) is 3.03. The molecule has 0 saturated carbocycles. The number of hydrogen-bond acceptors (Lipinski definition) is 5. The molecule has 1 amide bonds. The monoisotopic (exact) mass is 414 g/mol. The number of hydrogen-bond donors (Lipinski definition) is 1. The van der Waals surface area contributed by atoms with E-state index >= 15 is 0 Å². The van der Waals surface area contributed by atoms with Crippen LogP contribution in [0.3, 0.4) is 0 Å². The molecule has 0 bridgehead atoms. The topological polar surface area (TPSA) is 64.4 Å². The molecular weight excluding hydrogens is 391 g/mol. The molecule has 5 nitrogen and oxygen atoms in total. The van der Waals surface area contributed by atoms with Crippen LogP contribution in [0.15, 0.2) is 53.1 Å². The first-order valence-electron chi connectivity index (χ1n) is 9.23. The van der Waals surface area contributed by atoms with Crippen molar-refractivity contribution in [2.75, 3.05) is 5.75 Å². The third kappa shape index (κ3) is 6.35. The third-order valence-electron chi connectivity index (χ3n) is 4.37. The zero-order valence-corrected chi connectivity index (χ0v) is 17.2. The van der Waals surface area contributed by atoms with Crippen molar-refractivity contribution in [1.29, 1.82) is 0 Å². The normalized spacial score (nSPS) is 10.7. The second-order valence-electron chi connectivity index (χ2n) is 6.63. The number of nitrogens with one attached hydrogen (secondary N) is 1. The molecule has 1 heterocycles. The average molecular weight is 415 g/mol. The summed E-state index contributed by atoms with van der Waals surface area (Å²) >= 11 is 1.53. The van der Waals surface area contributed by atoms with E-state index in [0.29, 0.717) is 30.4 Å². The van der Waals surface area contributed by atoms with Crippen LogP contribution >= 0.6 is 11.8 Å². The lowest BCUT2D eigenvalue weighted by Crippen LogP contribution is -2.24. The highest BCUT2D eigenvalue weighted by Crippen LogP contribution is 2.19. The standard InChI is InChI=1S/C22H23FN2O3S/c1-15-21(16(2)28-25-15)13-29-14-22(26)24-11-17-6-8-20(9-7-17)27-12-18-4-3-5-19(23)10-18/h3-10H,11-14H2,1-2H3,(H,24,26). The number of halogens is 1. The Balaban J connectivity index is 1.38. The Morgan fingerprint density at radius 3 is 2.66 bits per heavy atom. The molecule has 0 radical (unpaired) electrons. The minimum absolute atomic E-state index is 0.0202. The lowest BCUT2D eigenvalue weighted by atomic mass is 10.2. The van der Waals surface area contributed by atoms with Gasteiger partial charge in [0.2, 0.25) is 5.91 Å². The number of amides is 1. The second-order valence-corrected chi connectivity index (χ2v) is 7.62. The Hall–Kier alpha value is -2.80. The zero-order valence-electron chi connectivity index (χ0n) is 16.4. The minimum Gasteiger partial charge on any atom is -0.489 e. The van der Waals surface area contributed by atoms with E-state index < -0.39 is 0 Å². The van der Waals surface area contributed by atoms with Crippen LogP contribution in [0.1, 0.15) is 28.1 Å². The number of aryl methyl sites for hydroxylation is 2. The SMILES string of the molecule is Cc1noc(C)c1CSCC(=O)NCc1ccc(OCc2cccc(F)c2)cc1. The summed E-state index contributed by atoms with van der Waals surface area (Å²) in [6, 6.07) is 13.8. The van der Waals surface area contributed by atoms with Gasteiger partial charge in [-0.05, 0) is 49.2 Å². The molecule has 7 heteroatoms. The van der Waals surface area contributed by atoms with Crippen molar-refractivity contribution in [2.24, 2.45) is 0 Å². The van der Waals surface area contributed by atoms with Gasteiger partial charge in [0.05, 0.1) is 11.4 Å². The maximum Gasteiger partial charge on any atom is 0.230 e. The number of carbonyl (C=O) groups excluding carboxylic acids is 1. The molecule has 0 fully saturated rings. The van der Waals surface area contributed by atoms with Crippen molar-refractivity contribution in [3.05, 3.63) is 82.5 Å². The molecular formula is C22H23FN2O3S. The Morgan fingerprint density at radius 2 is 1.97 bits per heavy atom. The second kappa shape index (κ2) is 10.1. The summed E-state index contributed by atoms with van der Waals surface area (Å²) < 4.78 is 24.0. The van der Waals surface area contributed by atoms with Gasteiger partial charge in [-0.3, -0.25) is 4.79 Å².